The Morgan fingerprint density at radius 1 is 1.41 bits per heavy atom. The van der Waals surface area contributed by atoms with Crippen LogP contribution in [0.25, 0.3) is 0 Å². The molecule has 1 aliphatic rings. The summed E-state index contributed by atoms with van der Waals surface area (Å²) < 4.78 is 0. The van der Waals surface area contributed by atoms with E-state index in [2.05, 4.69) is 35.0 Å². The second-order valence-corrected chi connectivity index (χ2v) is 4.65. The van der Waals surface area contributed by atoms with E-state index in [0.29, 0.717) is 6.04 Å². The van der Waals surface area contributed by atoms with Gasteiger partial charge in [-0.05, 0) is 37.1 Å². The first-order valence-electron chi connectivity index (χ1n) is 6.37. The molecule has 2 atom stereocenters. The fourth-order valence-corrected chi connectivity index (χ4v) is 2.71. The third-order valence-electron chi connectivity index (χ3n) is 3.66. The molecule has 0 saturated heterocycles. The minimum absolute atomic E-state index is 0.219. The Labute approximate surface area is 103 Å². The first kappa shape index (κ1) is 12.1. The Morgan fingerprint density at radius 2 is 2.18 bits per heavy atom. The molecule has 3 heteroatoms. The highest BCUT2D eigenvalue weighted by Gasteiger charge is 2.31. The van der Waals surface area contributed by atoms with Gasteiger partial charge in [0.2, 0.25) is 0 Å². The van der Waals surface area contributed by atoms with Crippen molar-refractivity contribution in [3.8, 4) is 6.07 Å². The van der Waals surface area contributed by atoms with Gasteiger partial charge in [-0.3, -0.25) is 9.88 Å². The summed E-state index contributed by atoms with van der Waals surface area (Å²) >= 11 is 0. The van der Waals surface area contributed by atoms with Gasteiger partial charge in [-0.2, -0.15) is 5.26 Å². The van der Waals surface area contributed by atoms with E-state index in [4.69, 9.17) is 5.26 Å². The van der Waals surface area contributed by atoms with E-state index in [-0.39, 0.29) is 5.92 Å². The van der Waals surface area contributed by atoms with Crippen molar-refractivity contribution in [3.63, 3.8) is 0 Å². The third kappa shape index (κ3) is 2.83. The van der Waals surface area contributed by atoms with Gasteiger partial charge < -0.3 is 0 Å². The summed E-state index contributed by atoms with van der Waals surface area (Å²) in [7, 11) is 0. The molecule has 1 aromatic heterocycles. The molecule has 0 bridgehead atoms. The highest BCUT2D eigenvalue weighted by molar-refractivity contribution is 5.10. The number of nitrogens with zero attached hydrogens (tertiary/aromatic N) is 3. The van der Waals surface area contributed by atoms with Crippen molar-refractivity contribution in [2.45, 2.75) is 38.8 Å². The van der Waals surface area contributed by atoms with Crippen molar-refractivity contribution >= 4 is 0 Å². The summed E-state index contributed by atoms with van der Waals surface area (Å²) in [6.07, 6.45) is 7.08. The van der Waals surface area contributed by atoms with E-state index in [1.54, 1.807) is 0 Å². The van der Waals surface area contributed by atoms with Gasteiger partial charge in [0.05, 0.1) is 12.0 Å². The lowest BCUT2D eigenvalue weighted by Crippen LogP contribution is -2.36. The van der Waals surface area contributed by atoms with Crippen LogP contribution in [0.3, 0.4) is 0 Å². The third-order valence-corrected chi connectivity index (χ3v) is 3.66. The zero-order valence-corrected chi connectivity index (χ0v) is 10.3. The van der Waals surface area contributed by atoms with Gasteiger partial charge in [0.15, 0.2) is 0 Å². The van der Waals surface area contributed by atoms with Crippen molar-refractivity contribution in [1.29, 1.82) is 5.26 Å². The fourth-order valence-electron chi connectivity index (χ4n) is 2.71. The summed E-state index contributed by atoms with van der Waals surface area (Å²) in [6, 6.07) is 7.01. The Balaban J connectivity index is 2.04. The predicted octanol–water partition coefficient (Wildman–Crippen LogP) is 2.60. The van der Waals surface area contributed by atoms with E-state index in [0.717, 1.165) is 25.9 Å². The molecule has 0 aromatic carbocycles. The second-order valence-electron chi connectivity index (χ2n) is 4.65. The Bertz CT molecular complexity index is 382. The lowest BCUT2D eigenvalue weighted by atomic mass is 10.0. The molecule has 0 spiro atoms. The van der Waals surface area contributed by atoms with E-state index in [1.807, 2.05) is 12.4 Å². The topological polar surface area (TPSA) is 39.9 Å². The molecular formula is C14H19N3. The highest BCUT2D eigenvalue weighted by atomic mass is 15.2. The first-order chi connectivity index (χ1) is 8.35. The first-order valence-corrected chi connectivity index (χ1v) is 6.37. The Morgan fingerprint density at radius 3 is 2.82 bits per heavy atom. The van der Waals surface area contributed by atoms with E-state index >= 15 is 0 Å². The van der Waals surface area contributed by atoms with Gasteiger partial charge in [0.25, 0.3) is 0 Å². The molecule has 1 heterocycles. The van der Waals surface area contributed by atoms with Gasteiger partial charge in [-0.15, -0.1) is 0 Å². The molecule has 1 aliphatic carbocycles. The van der Waals surface area contributed by atoms with Crippen LogP contribution in [-0.2, 0) is 6.54 Å². The minimum atomic E-state index is 0.219. The lowest BCUT2D eigenvalue weighted by Gasteiger charge is -2.29. The predicted molar refractivity (Wildman–Crippen MR) is 67.1 cm³/mol. The molecule has 90 valence electrons. The molecule has 2 rings (SSSR count). The van der Waals surface area contributed by atoms with Gasteiger partial charge in [0, 0.05) is 25.0 Å². The SMILES string of the molecule is CCN(Cc1ccncc1)C1CCCC1C#N. The largest absolute Gasteiger partial charge is 0.295 e. The molecule has 1 saturated carbocycles. The van der Waals surface area contributed by atoms with Gasteiger partial charge in [-0.1, -0.05) is 13.3 Å². The van der Waals surface area contributed by atoms with Crippen LogP contribution in [0.1, 0.15) is 31.7 Å². The highest BCUT2D eigenvalue weighted by Crippen LogP contribution is 2.30. The molecule has 1 aromatic rings. The molecular weight excluding hydrogens is 210 g/mol. The minimum Gasteiger partial charge on any atom is -0.295 e. The molecule has 0 amide bonds. The van der Waals surface area contributed by atoms with Crippen LogP contribution >= 0.6 is 0 Å². The maximum atomic E-state index is 9.16. The summed E-state index contributed by atoms with van der Waals surface area (Å²) in [6.45, 7) is 4.11. The molecule has 1 fully saturated rings. The van der Waals surface area contributed by atoms with Crippen molar-refractivity contribution in [1.82, 2.24) is 9.88 Å². The van der Waals surface area contributed by atoms with Crippen LogP contribution in [0.4, 0.5) is 0 Å². The van der Waals surface area contributed by atoms with Crippen LogP contribution in [0.15, 0.2) is 24.5 Å². The monoisotopic (exact) mass is 229 g/mol. The van der Waals surface area contributed by atoms with Crippen molar-refractivity contribution in [3.05, 3.63) is 30.1 Å². The smallest absolute Gasteiger partial charge is 0.0672 e. The fraction of sp³-hybridized carbons (Fsp3) is 0.571. The molecule has 2 unspecified atom stereocenters. The summed E-state index contributed by atoms with van der Waals surface area (Å²) in [4.78, 5) is 6.46. The molecule has 3 nitrogen and oxygen atoms in total. The Hall–Kier alpha value is -1.40. The average molecular weight is 229 g/mol. The van der Waals surface area contributed by atoms with Crippen LogP contribution in [0, 0.1) is 17.2 Å². The summed E-state index contributed by atoms with van der Waals surface area (Å²) in [5, 5.41) is 9.16. The zero-order chi connectivity index (χ0) is 12.1. The summed E-state index contributed by atoms with van der Waals surface area (Å²) in [5.74, 6) is 0.219. The standard InChI is InChI=1S/C14H19N3/c1-2-17(11-12-6-8-16-9-7-12)14-5-3-4-13(14)10-15/h6-9,13-14H,2-5,11H2,1H3. The molecule has 17 heavy (non-hydrogen) atoms. The van der Waals surface area contributed by atoms with Crippen LogP contribution in [0.5, 0.6) is 0 Å². The van der Waals surface area contributed by atoms with E-state index in [9.17, 15) is 0 Å². The summed E-state index contributed by atoms with van der Waals surface area (Å²) in [5.41, 5.74) is 1.28. The molecule has 0 aliphatic heterocycles. The quantitative estimate of drug-likeness (QED) is 0.796. The normalized spacial score (nSPS) is 23.8. The number of aromatic nitrogens is 1. The molecule has 0 N–H and O–H groups in total. The van der Waals surface area contributed by atoms with Crippen molar-refractivity contribution in [2.75, 3.05) is 6.54 Å². The number of pyridine rings is 1. The number of rotatable bonds is 4. The number of hydrogen-bond donors (Lipinski definition) is 0. The van der Waals surface area contributed by atoms with Crippen LogP contribution < -0.4 is 0 Å². The number of nitriles is 1. The zero-order valence-electron chi connectivity index (χ0n) is 10.3. The molecule has 0 radical (unpaired) electrons. The lowest BCUT2D eigenvalue weighted by molar-refractivity contribution is 0.178. The van der Waals surface area contributed by atoms with Gasteiger partial charge in [0.1, 0.15) is 0 Å². The maximum Gasteiger partial charge on any atom is 0.0672 e. The van der Waals surface area contributed by atoms with Gasteiger partial charge in [-0.25, -0.2) is 0 Å². The van der Waals surface area contributed by atoms with E-state index < -0.39 is 0 Å². The maximum absolute atomic E-state index is 9.16. The Kier molecular flexibility index (Phi) is 4.11. The van der Waals surface area contributed by atoms with E-state index in [1.165, 1.54) is 12.0 Å². The second kappa shape index (κ2) is 5.79. The van der Waals surface area contributed by atoms with Crippen LogP contribution in [0.2, 0.25) is 0 Å². The van der Waals surface area contributed by atoms with Crippen LogP contribution in [-0.4, -0.2) is 22.5 Å². The number of hydrogen-bond acceptors (Lipinski definition) is 3. The average Bonchev–Trinajstić information content (AvgIpc) is 2.85. The van der Waals surface area contributed by atoms with Crippen molar-refractivity contribution < 1.29 is 0 Å². The van der Waals surface area contributed by atoms with Gasteiger partial charge >= 0.3 is 0 Å². The van der Waals surface area contributed by atoms with Crippen molar-refractivity contribution in [2.24, 2.45) is 5.92 Å².